The van der Waals surface area contributed by atoms with E-state index in [1.807, 2.05) is 23.1 Å². The van der Waals surface area contributed by atoms with Crippen molar-refractivity contribution in [3.63, 3.8) is 0 Å². The Balaban J connectivity index is 1.73. The molecule has 1 aliphatic rings. The smallest absolute Gasteiger partial charge is 0.103 e. The van der Waals surface area contributed by atoms with Gasteiger partial charge in [0.2, 0.25) is 0 Å². The first-order chi connectivity index (χ1) is 9.78. The predicted molar refractivity (Wildman–Crippen MR) is 87.6 cm³/mol. The minimum absolute atomic E-state index is 0.522. The van der Waals surface area contributed by atoms with Crippen molar-refractivity contribution in [3.8, 4) is 0 Å². The Morgan fingerprint density at radius 1 is 1.40 bits per heavy atom. The molecule has 106 valence electrons. The SMILES string of the molecule is CNC1CCCc2nc(CSc3ccccc3C)sc21. The molecule has 0 spiro atoms. The highest BCUT2D eigenvalue weighted by Gasteiger charge is 2.23. The van der Waals surface area contributed by atoms with Crippen LogP contribution in [0.4, 0.5) is 0 Å². The number of benzene rings is 1. The molecule has 1 aliphatic carbocycles. The van der Waals surface area contributed by atoms with Crippen LogP contribution in [0.25, 0.3) is 0 Å². The molecular weight excluding hydrogens is 284 g/mol. The van der Waals surface area contributed by atoms with E-state index < -0.39 is 0 Å². The Bertz CT molecular complexity index is 592. The van der Waals surface area contributed by atoms with Crippen LogP contribution in [0.15, 0.2) is 29.2 Å². The second kappa shape index (κ2) is 6.29. The van der Waals surface area contributed by atoms with Gasteiger partial charge in [0.1, 0.15) is 5.01 Å². The molecule has 0 fully saturated rings. The van der Waals surface area contributed by atoms with Gasteiger partial charge in [-0.15, -0.1) is 23.1 Å². The van der Waals surface area contributed by atoms with Gasteiger partial charge >= 0.3 is 0 Å². The number of rotatable bonds is 4. The van der Waals surface area contributed by atoms with Gasteiger partial charge in [0, 0.05) is 15.8 Å². The summed E-state index contributed by atoms with van der Waals surface area (Å²) in [6.45, 7) is 2.17. The molecule has 20 heavy (non-hydrogen) atoms. The molecule has 1 unspecified atom stereocenters. The van der Waals surface area contributed by atoms with E-state index in [0.29, 0.717) is 6.04 Å². The Morgan fingerprint density at radius 2 is 2.25 bits per heavy atom. The van der Waals surface area contributed by atoms with E-state index in [1.54, 1.807) is 0 Å². The third-order valence-electron chi connectivity index (χ3n) is 3.79. The average Bonchev–Trinajstić information content (AvgIpc) is 2.89. The second-order valence-corrected chi connectivity index (χ2v) is 7.34. The van der Waals surface area contributed by atoms with Crippen molar-refractivity contribution in [2.24, 2.45) is 0 Å². The summed E-state index contributed by atoms with van der Waals surface area (Å²) in [5.41, 5.74) is 2.69. The van der Waals surface area contributed by atoms with Crippen LogP contribution >= 0.6 is 23.1 Å². The predicted octanol–water partition coefficient (Wildman–Crippen LogP) is 4.34. The highest BCUT2D eigenvalue weighted by atomic mass is 32.2. The van der Waals surface area contributed by atoms with Gasteiger partial charge in [0.05, 0.1) is 11.4 Å². The number of aryl methyl sites for hydroxylation is 2. The van der Waals surface area contributed by atoms with E-state index in [0.717, 1.165) is 12.2 Å². The molecule has 2 nitrogen and oxygen atoms in total. The molecule has 0 saturated carbocycles. The monoisotopic (exact) mass is 304 g/mol. The van der Waals surface area contributed by atoms with Crippen molar-refractivity contribution >= 4 is 23.1 Å². The van der Waals surface area contributed by atoms with Crippen LogP contribution < -0.4 is 5.32 Å². The number of nitrogens with one attached hydrogen (secondary N) is 1. The molecule has 0 aliphatic heterocycles. The molecule has 0 bridgehead atoms. The minimum Gasteiger partial charge on any atom is -0.312 e. The average molecular weight is 304 g/mol. The number of thiazole rings is 1. The van der Waals surface area contributed by atoms with Gasteiger partial charge in [-0.1, -0.05) is 18.2 Å². The zero-order valence-electron chi connectivity index (χ0n) is 12.0. The van der Waals surface area contributed by atoms with Crippen LogP contribution in [0.1, 0.15) is 40.0 Å². The molecule has 2 aromatic rings. The Kier molecular flexibility index (Phi) is 4.44. The summed E-state index contributed by atoms with van der Waals surface area (Å²) < 4.78 is 0. The van der Waals surface area contributed by atoms with Crippen LogP contribution in [0.3, 0.4) is 0 Å². The quantitative estimate of drug-likeness (QED) is 0.851. The Labute approximate surface area is 129 Å². The molecule has 3 rings (SSSR count). The van der Waals surface area contributed by atoms with Gasteiger partial charge in [-0.3, -0.25) is 0 Å². The van der Waals surface area contributed by atoms with E-state index in [2.05, 4.69) is 43.6 Å². The number of aromatic nitrogens is 1. The van der Waals surface area contributed by atoms with Crippen molar-refractivity contribution in [1.82, 2.24) is 10.3 Å². The van der Waals surface area contributed by atoms with E-state index in [9.17, 15) is 0 Å². The zero-order chi connectivity index (χ0) is 13.9. The number of thioether (sulfide) groups is 1. The van der Waals surface area contributed by atoms with Crippen LogP contribution in [0.2, 0.25) is 0 Å². The van der Waals surface area contributed by atoms with Gasteiger partial charge in [0.15, 0.2) is 0 Å². The van der Waals surface area contributed by atoms with Gasteiger partial charge in [0.25, 0.3) is 0 Å². The van der Waals surface area contributed by atoms with Crippen molar-refractivity contribution in [2.75, 3.05) is 7.05 Å². The fourth-order valence-corrected chi connectivity index (χ4v) is 4.95. The summed E-state index contributed by atoms with van der Waals surface area (Å²) >= 11 is 3.80. The molecule has 0 radical (unpaired) electrons. The molecule has 0 amide bonds. The molecule has 0 saturated heterocycles. The van der Waals surface area contributed by atoms with Crippen LogP contribution in [0.5, 0.6) is 0 Å². The van der Waals surface area contributed by atoms with Crippen LogP contribution in [-0.2, 0) is 12.2 Å². The summed E-state index contributed by atoms with van der Waals surface area (Å²) in [4.78, 5) is 7.69. The number of hydrogen-bond donors (Lipinski definition) is 1. The fourth-order valence-electron chi connectivity index (χ4n) is 2.67. The third kappa shape index (κ3) is 2.92. The van der Waals surface area contributed by atoms with Crippen molar-refractivity contribution < 1.29 is 0 Å². The van der Waals surface area contributed by atoms with E-state index in [-0.39, 0.29) is 0 Å². The Hall–Kier alpha value is -0.840. The topological polar surface area (TPSA) is 24.9 Å². The molecule has 1 atom stereocenters. The van der Waals surface area contributed by atoms with E-state index in [1.165, 1.54) is 38.9 Å². The van der Waals surface area contributed by atoms with E-state index in [4.69, 9.17) is 4.98 Å². The maximum Gasteiger partial charge on any atom is 0.103 e. The van der Waals surface area contributed by atoms with Gasteiger partial charge in [-0.2, -0.15) is 0 Å². The molecule has 4 heteroatoms. The van der Waals surface area contributed by atoms with Crippen molar-refractivity contribution in [2.45, 2.75) is 42.9 Å². The van der Waals surface area contributed by atoms with Gasteiger partial charge in [-0.25, -0.2) is 4.98 Å². The molecular formula is C16H20N2S2. The lowest BCUT2D eigenvalue weighted by Crippen LogP contribution is -2.19. The summed E-state index contributed by atoms with van der Waals surface area (Å²) in [6, 6.07) is 9.10. The number of hydrogen-bond acceptors (Lipinski definition) is 4. The lowest BCUT2D eigenvalue weighted by molar-refractivity contribution is 0.501. The first-order valence-electron chi connectivity index (χ1n) is 7.12. The number of nitrogens with zero attached hydrogens (tertiary/aromatic N) is 1. The first kappa shape index (κ1) is 14.1. The third-order valence-corrected chi connectivity index (χ3v) is 6.37. The van der Waals surface area contributed by atoms with Gasteiger partial charge < -0.3 is 5.32 Å². The summed E-state index contributed by atoms with van der Waals surface area (Å²) in [6.07, 6.45) is 3.65. The highest BCUT2D eigenvalue weighted by molar-refractivity contribution is 7.98. The van der Waals surface area contributed by atoms with E-state index >= 15 is 0 Å². The lowest BCUT2D eigenvalue weighted by Gasteiger charge is -2.20. The largest absolute Gasteiger partial charge is 0.312 e. The zero-order valence-corrected chi connectivity index (χ0v) is 13.6. The first-order valence-corrected chi connectivity index (χ1v) is 8.92. The standard InChI is InChI=1S/C16H20N2S2/c1-11-6-3-4-9-14(11)19-10-15-18-13-8-5-7-12(17-2)16(13)20-15/h3-4,6,9,12,17H,5,7-8,10H2,1-2H3. The molecule has 1 aromatic heterocycles. The second-order valence-electron chi connectivity index (χ2n) is 5.21. The lowest BCUT2D eigenvalue weighted by atomic mass is 9.98. The van der Waals surface area contributed by atoms with Crippen LogP contribution in [0, 0.1) is 6.92 Å². The maximum atomic E-state index is 4.85. The van der Waals surface area contributed by atoms with Crippen LogP contribution in [-0.4, -0.2) is 12.0 Å². The molecule has 1 aromatic carbocycles. The number of fused-ring (bicyclic) bond motifs is 1. The summed E-state index contributed by atoms with van der Waals surface area (Å²) in [5, 5.41) is 4.69. The van der Waals surface area contributed by atoms with Crippen molar-refractivity contribution in [3.05, 3.63) is 45.4 Å². The summed E-state index contributed by atoms with van der Waals surface area (Å²) in [5.74, 6) is 0.985. The molecule has 1 heterocycles. The normalized spacial score (nSPS) is 18.0. The fraction of sp³-hybridized carbons (Fsp3) is 0.438. The molecule has 1 N–H and O–H groups in total. The Morgan fingerprint density at radius 3 is 3.05 bits per heavy atom. The summed E-state index contributed by atoms with van der Waals surface area (Å²) in [7, 11) is 2.06. The maximum absolute atomic E-state index is 4.85. The minimum atomic E-state index is 0.522. The van der Waals surface area contributed by atoms with Gasteiger partial charge in [-0.05, 0) is 44.9 Å². The highest BCUT2D eigenvalue weighted by Crippen LogP contribution is 2.36. The van der Waals surface area contributed by atoms with Crippen molar-refractivity contribution in [1.29, 1.82) is 0 Å².